The predicted octanol–water partition coefficient (Wildman–Crippen LogP) is 5.48. The quantitative estimate of drug-likeness (QED) is 0.234. The summed E-state index contributed by atoms with van der Waals surface area (Å²) in [5.74, 6) is 1.94. The van der Waals surface area contributed by atoms with E-state index in [1.807, 2.05) is 27.7 Å². The standard InChI is InChI=1S/C33H45N3O5/c1-9-12-21-34-29(38)28(26-16-14-13-15-24(26)10-2)36(33(7,8)11-3)30(39)27(35-31(40)41-32(4,5)6)22-23-17-19-25(37)20-18-23/h2,13-20,27-28,37H,9,11-12,21-22H2,1,3-8H3,(H,34,38)(H,35,40). The summed E-state index contributed by atoms with van der Waals surface area (Å²) < 4.78 is 5.49. The van der Waals surface area contributed by atoms with Gasteiger partial charge in [-0.25, -0.2) is 4.79 Å². The fourth-order valence-electron chi connectivity index (χ4n) is 4.38. The van der Waals surface area contributed by atoms with Crippen molar-refractivity contribution in [2.24, 2.45) is 0 Å². The van der Waals surface area contributed by atoms with Crippen molar-refractivity contribution in [2.45, 2.75) is 97.4 Å². The maximum absolute atomic E-state index is 14.6. The molecule has 2 rings (SSSR count). The minimum Gasteiger partial charge on any atom is -0.508 e. The Bertz CT molecular complexity index is 1220. The first-order valence-corrected chi connectivity index (χ1v) is 14.2. The fourth-order valence-corrected chi connectivity index (χ4v) is 4.38. The number of hydrogen-bond donors (Lipinski definition) is 3. The Labute approximate surface area is 244 Å². The molecule has 41 heavy (non-hydrogen) atoms. The lowest BCUT2D eigenvalue weighted by atomic mass is 9.89. The number of aromatic hydroxyl groups is 1. The van der Waals surface area contributed by atoms with Crippen LogP contribution in [-0.4, -0.2) is 51.6 Å². The molecule has 8 heteroatoms. The number of ether oxygens (including phenoxy) is 1. The lowest BCUT2D eigenvalue weighted by Crippen LogP contribution is -2.60. The van der Waals surface area contributed by atoms with E-state index in [0.717, 1.165) is 12.8 Å². The molecule has 222 valence electrons. The van der Waals surface area contributed by atoms with Gasteiger partial charge in [-0.2, -0.15) is 0 Å². The van der Waals surface area contributed by atoms with Crippen molar-refractivity contribution in [3.05, 3.63) is 65.2 Å². The number of carbonyl (C=O) groups excluding carboxylic acids is 3. The number of terminal acetylenes is 1. The Balaban J connectivity index is 2.69. The Morgan fingerprint density at radius 2 is 1.66 bits per heavy atom. The summed E-state index contributed by atoms with van der Waals surface area (Å²) in [6, 6.07) is 11.4. The maximum atomic E-state index is 14.6. The number of carbonyl (C=O) groups is 3. The van der Waals surface area contributed by atoms with E-state index in [-0.39, 0.29) is 18.1 Å². The fraction of sp³-hybridized carbons (Fsp3) is 0.485. The van der Waals surface area contributed by atoms with Crippen LogP contribution in [-0.2, 0) is 20.7 Å². The monoisotopic (exact) mass is 563 g/mol. The SMILES string of the molecule is C#Cc1ccccc1C(C(=O)NCCCC)N(C(=O)C(Cc1ccc(O)cc1)NC(=O)OC(C)(C)C)C(C)(C)CC. The third-order valence-corrected chi connectivity index (χ3v) is 6.87. The van der Waals surface area contributed by atoms with E-state index in [2.05, 4.69) is 16.6 Å². The molecule has 8 nitrogen and oxygen atoms in total. The van der Waals surface area contributed by atoms with Gasteiger partial charge in [0.05, 0.1) is 0 Å². The van der Waals surface area contributed by atoms with Gasteiger partial charge in [0.2, 0.25) is 11.8 Å². The van der Waals surface area contributed by atoms with E-state index in [0.29, 0.717) is 29.7 Å². The van der Waals surface area contributed by atoms with E-state index >= 15 is 0 Å². The van der Waals surface area contributed by atoms with Crippen LogP contribution in [0.2, 0.25) is 0 Å². The topological polar surface area (TPSA) is 108 Å². The predicted molar refractivity (Wildman–Crippen MR) is 161 cm³/mol. The van der Waals surface area contributed by atoms with Crippen LogP contribution in [0.25, 0.3) is 0 Å². The van der Waals surface area contributed by atoms with E-state index < -0.39 is 35.2 Å². The summed E-state index contributed by atoms with van der Waals surface area (Å²) in [5.41, 5.74) is 0.141. The largest absolute Gasteiger partial charge is 0.508 e. The average molecular weight is 564 g/mol. The second kappa shape index (κ2) is 14.6. The van der Waals surface area contributed by atoms with E-state index in [4.69, 9.17) is 11.2 Å². The number of nitrogens with one attached hydrogen (secondary N) is 2. The summed E-state index contributed by atoms with van der Waals surface area (Å²) in [6.45, 7) is 13.4. The number of benzene rings is 2. The zero-order chi connectivity index (χ0) is 30.8. The van der Waals surface area contributed by atoms with Gasteiger partial charge in [-0.15, -0.1) is 6.42 Å². The number of alkyl carbamates (subject to hydrolysis) is 1. The molecule has 0 aliphatic carbocycles. The van der Waals surface area contributed by atoms with Crippen LogP contribution in [0.4, 0.5) is 4.79 Å². The van der Waals surface area contributed by atoms with Gasteiger partial charge >= 0.3 is 6.09 Å². The van der Waals surface area contributed by atoms with Crippen molar-refractivity contribution in [1.82, 2.24) is 15.5 Å². The zero-order valence-corrected chi connectivity index (χ0v) is 25.4. The average Bonchev–Trinajstić information content (AvgIpc) is 2.91. The highest BCUT2D eigenvalue weighted by Gasteiger charge is 2.43. The number of nitrogens with zero attached hydrogens (tertiary/aromatic N) is 1. The second-order valence-corrected chi connectivity index (χ2v) is 11.7. The molecule has 2 atom stereocenters. The zero-order valence-electron chi connectivity index (χ0n) is 25.4. The van der Waals surface area contributed by atoms with E-state index in [9.17, 15) is 19.5 Å². The normalized spacial score (nSPS) is 12.9. The van der Waals surface area contributed by atoms with Crippen LogP contribution in [0.5, 0.6) is 5.75 Å². The van der Waals surface area contributed by atoms with Crippen molar-refractivity contribution < 1.29 is 24.2 Å². The number of hydrogen-bond acceptors (Lipinski definition) is 5. The molecular weight excluding hydrogens is 518 g/mol. The minimum absolute atomic E-state index is 0.0835. The smallest absolute Gasteiger partial charge is 0.408 e. The minimum atomic E-state index is -1.08. The van der Waals surface area contributed by atoms with Gasteiger partial charge in [0, 0.05) is 24.1 Å². The molecule has 0 bridgehead atoms. The third kappa shape index (κ3) is 9.56. The summed E-state index contributed by atoms with van der Waals surface area (Å²) in [6.07, 6.45) is 7.40. The summed E-state index contributed by atoms with van der Waals surface area (Å²) in [4.78, 5) is 43.1. The molecule has 0 saturated carbocycles. The van der Waals surface area contributed by atoms with Crippen molar-refractivity contribution in [1.29, 1.82) is 0 Å². The summed E-state index contributed by atoms with van der Waals surface area (Å²) >= 11 is 0. The lowest BCUT2D eigenvalue weighted by molar-refractivity contribution is -0.149. The summed E-state index contributed by atoms with van der Waals surface area (Å²) in [5, 5.41) is 15.5. The molecule has 0 radical (unpaired) electrons. The van der Waals surface area contributed by atoms with Gasteiger partial charge < -0.3 is 25.4 Å². The van der Waals surface area contributed by atoms with Crippen molar-refractivity contribution in [2.75, 3.05) is 6.54 Å². The van der Waals surface area contributed by atoms with Crippen molar-refractivity contribution in [3.8, 4) is 18.1 Å². The molecule has 0 aliphatic heterocycles. The molecule has 0 saturated heterocycles. The number of phenols is 1. The molecule has 0 fully saturated rings. The molecule has 0 heterocycles. The van der Waals surface area contributed by atoms with Gasteiger partial charge in [-0.3, -0.25) is 9.59 Å². The number of rotatable bonds is 12. The maximum Gasteiger partial charge on any atom is 0.408 e. The highest BCUT2D eigenvalue weighted by Crippen LogP contribution is 2.34. The van der Waals surface area contributed by atoms with Crippen LogP contribution in [0, 0.1) is 12.3 Å². The Hall–Kier alpha value is -3.99. The van der Waals surface area contributed by atoms with Gasteiger partial charge in [0.25, 0.3) is 0 Å². The molecular formula is C33H45N3O5. The second-order valence-electron chi connectivity index (χ2n) is 11.7. The number of amides is 3. The van der Waals surface area contributed by atoms with Gasteiger partial charge in [-0.05, 0) is 76.8 Å². The van der Waals surface area contributed by atoms with Crippen LogP contribution in [0.3, 0.4) is 0 Å². The number of unbranched alkanes of at least 4 members (excludes halogenated alkanes) is 1. The Morgan fingerprint density at radius 1 is 1.02 bits per heavy atom. The lowest BCUT2D eigenvalue weighted by Gasteiger charge is -2.45. The first-order valence-electron chi connectivity index (χ1n) is 14.2. The first kappa shape index (κ1) is 33.2. The van der Waals surface area contributed by atoms with Crippen LogP contribution in [0.15, 0.2) is 48.5 Å². The van der Waals surface area contributed by atoms with Crippen LogP contribution < -0.4 is 10.6 Å². The summed E-state index contributed by atoms with van der Waals surface area (Å²) in [7, 11) is 0. The Morgan fingerprint density at radius 3 is 2.22 bits per heavy atom. The molecule has 3 amide bonds. The first-order chi connectivity index (χ1) is 19.2. The molecule has 3 N–H and O–H groups in total. The van der Waals surface area contributed by atoms with E-state index in [1.165, 1.54) is 12.1 Å². The van der Waals surface area contributed by atoms with Gasteiger partial charge in [0.1, 0.15) is 23.4 Å². The van der Waals surface area contributed by atoms with Crippen molar-refractivity contribution >= 4 is 17.9 Å². The third-order valence-electron chi connectivity index (χ3n) is 6.87. The molecule has 2 unspecified atom stereocenters. The van der Waals surface area contributed by atoms with Crippen LogP contribution in [0.1, 0.15) is 90.5 Å². The highest BCUT2D eigenvalue weighted by atomic mass is 16.6. The van der Waals surface area contributed by atoms with Gasteiger partial charge in [-0.1, -0.05) is 56.5 Å². The highest BCUT2D eigenvalue weighted by molar-refractivity contribution is 5.93. The Kier molecular flexibility index (Phi) is 11.8. The molecule has 0 aliphatic rings. The molecule has 0 aromatic heterocycles. The molecule has 0 spiro atoms. The molecule has 2 aromatic rings. The number of phenolic OH excluding ortho intramolecular Hbond substituents is 1. The van der Waals surface area contributed by atoms with Gasteiger partial charge in [0.15, 0.2) is 0 Å². The van der Waals surface area contributed by atoms with E-state index in [1.54, 1.807) is 62.1 Å². The molecule has 2 aromatic carbocycles. The van der Waals surface area contributed by atoms with Crippen molar-refractivity contribution in [3.63, 3.8) is 0 Å². The van der Waals surface area contributed by atoms with Crippen LogP contribution >= 0.6 is 0 Å².